The van der Waals surface area contributed by atoms with E-state index >= 15 is 0 Å². The predicted octanol–water partition coefficient (Wildman–Crippen LogP) is 3.12. The molecule has 0 bridgehead atoms. The van der Waals surface area contributed by atoms with Crippen LogP contribution in [-0.4, -0.2) is 16.9 Å². The van der Waals surface area contributed by atoms with Crippen molar-refractivity contribution in [2.24, 2.45) is 0 Å². The fourth-order valence-electron chi connectivity index (χ4n) is 2.25. The second-order valence-electron chi connectivity index (χ2n) is 4.98. The maximum atomic E-state index is 12.1. The van der Waals surface area contributed by atoms with Gasteiger partial charge in [-0.15, -0.1) is 0 Å². The molecule has 0 aliphatic heterocycles. The van der Waals surface area contributed by atoms with Gasteiger partial charge in [0.2, 0.25) is 0 Å². The van der Waals surface area contributed by atoms with E-state index in [-0.39, 0.29) is 5.75 Å². The SMILES string of the molecule is O=C(Nc1ccc(O)cc1)C(=O)Nc1cccc2ccccc12. The highest BCUT2D eigenvalue weighted by Gasteiger charge is 2.15. The van der Waals surface area contributed by atoms with Gasteiger partial charge >= 0.3 is 11.8 Å². The molecule has 23 heavy (non-hydrogen) atoms. The number of phenols is 1. The Morgan fingerprint density at radius 2 is 1.39 bits per heavy atom. The normalized spacial score (nSPS) is 10.3. The van der Waals surface area contributed by atoms with Gasteiger partial charge in [0.25, 0.3) is 0 Å². The third-order valence-corrected chi connectivity index (χ3v) is 3.37. The van der Waals surface area contributed by atoms with Gasteiger partial charge in [-0.05, 0) is 35.7 Å². The summed E-state index contributed by atoms with van der Waals surface area (Å²) >= 11 is 0. The summed E-state index contributed by atoms with van der Waals surface area (Å²) in [6.45, 7) is 0. The highest BCUT2D eigenvalue weighted by molar-refractivity contribution is 6.44. The molecule has 0 spiro atoms. The van der Waals surface area contributed by atoms with Crippen LogP contribution in [0.15, 0.2) is 66.7 Å². The molecule has 0 aliphatic carbocycles. The third kappa shape index (κ3) is 3.29. The number of benzene rings is 3. The lowest BCUT2D eigenvalue weighted by molar-refractivity contribution is -0.132. The van der Waals surface area contributed by atoms with Crippen LogP contribution in [-0.2, 0) is 9.59 Å². The predicted molar refractivity (Wildman–Crippen MR) is 89.3 cm³/mol. The first kappa shape index (κ1) is 14.6. The number of fused-ring (bicyclic) bond motifs is 1. The van der Waals surface area contributed by atoms with Gasteiger partial charge in [0, 0.05) is 16.8 Å². The smallest absolute Gasteiger partial charge is 0.314 e. The molecule has 114 valence electrons. The average molecular weight is 306 g/mol. The van der Waals surface area contributed by atoms with Gasteiger partial charge in [-0.25, -0.2) is 0 Å². The summed E-state index contributed by atoms with van der Waals surface area (Å²) in [5, 5.41) is 16.1. The number of aromatic hydroxyl groups is 1. The zero-order valence-corrected chi connectivity index (χ0v) is 12.1. The van der Waals surface area contributed by atoms with Gasteiger partial charge in [-0.1, -0.05) is 36.4 Å². The molecule has 5 nitrogen and oxygen atoms in total. The largest absolute Gasteiger partial charge is 0.508 e. The van der Waals surface area contributed by atoms with Crippen LogP contribution in [0.5, 0.6) is 5.75 Å². The minimum Gasteiger partial charge on any atom is -0.508 e. The summed E-state index contributed by atoms with van der Waals surface area (Å²) in [7, 11) is 0. The van der Waals surface area contributed by atoms with E-state index in [1.807, 2.05) is 36.4 Å². The van der Waals surface area contributed by atoms with E-state index in [1.165, 1.54) is 24.3 Å². The Morgan fingerprint density at radius 3 is 2.17 bits per heavy atom. The first-order chi connectivity index (χ1) is 11.1. The maximum Gasteiger partial charge on any atom is 0.314 e. The van der Waals surface area contributed by atoms with E-state index in [9.17, 15) is 14.7 Å². The van der Waals surface area contributed by atoms with Crippen LogP contribution in [0.3, 0.4) is 0 Å². The first-order valence-corrected chi connectivity index (χ1v) is 7.02. The van der Waals surface area contributed by atoms with Crippen LogP contribution < -0.4 is 10.6 Å². The zero-order valence-electron chi connectivity index (χ0n) is 12.1. The van der Waals surface area contributed by atoms with Crippen molar-refractivity contribution in [1.82, 2.24) is 0 Å². The molecule has 0 saturated carbocycles. The van der Waals surface area contributed by atoms with Crippen molar-refractivity contribution in [3.05, 3.63) is 66.7 Å². The Bertz CT molecular complexity index is 868. The molecule has 0 unspecified atom stereocenters. The van der Waals surface area contributed by atoms with E-state index in [2.05, 4.69) is 10.6 Å². The Balaban J connectivity index is 1.75. The van der Waals surface area contributed by atoms with Crippen LogP contribution in [0.1, 0.15) is 0 Å². The lowest BCUT2D eigenvalue weighted by atomic mass is 10.1. The molecular weight excluding hydrogens is 292 g/mol. The van der Waals surface area contributed by atoms with Crippen LogP contribution >= 0.6 is 0 Å². The van der Waals surface area contributed by atoms with E-state index in [4.69, 9.17) is 0 Å². The lowest BCUT2D eigenvalue weighted by Gasteiger charge is -2.09. The molecule has 0 saturated heterocycles. The minimum atomic E-state index is -0.774. The molecule has 3 N–H and O–H groups in total. The quantitative estimate of drug-likeness (QED) is 0.503. The van der Waals surface area contributed by atoms with Gasteiger partial charge in [-0.2, -0.15) is 0 Å². The number of anilines is 2. The van der Waals surface area contributed by atoms with Crippen molar-refractivity contribution in [1.29, 1.82) is 0 Å². The molecule has 2 amide bonds. The van der Waals surface area contributed by atoms with E-state index in [1.54, 1.807) is 6.07 Å². The molecule has 3 aromatic rings. The fraction of sp³-hybridized carbons (Fsp3) is 0. The molecular formula is C18H14N2O3. The topological polar surface area (TPSA) is 78.4 Å². The summed E-state index contributed by atoms with van der Waals surface area (Å²) < 4.78 is 0. The van der Waals surface area contributed by atoms with Gasteiger partial charge < -0.3 is 15.7 Å². The molecule has 0 aromatic heterocycles. The molecule has 0 heterocycles. The summed E-state index contributed by atoms with van der Waals surface area (Å²) in [4.78, 5) is 24.0. The maximum absolute atomic E-state index is 12.1. The number of rotatable bonds is 2. The molecule has 0 fully saturated rings. The Kier molecular flexibility index (Phi) is 3.93. The second-order valence-corrected chi connectivity index (χ2v) is 4.98. The molecule has 0 atom stereocenters. The van der Waals surface area contributed by atoms with Gasteiger partial charge in [0.1, 0.15) is 5.75 Å². The zero-order chi connectivity index (χ0) is 16.2. The number of phenolic OH excluding ortho intramolecular Hbond substituents is 1. The van der Waals surface area contributed by atoms with Gasteiger partial charge in [0.05, 0.1) is 0 Å². The number of amides is 2. The van der Waals surface area contributed by atoms with E-state index < -0.39 is 11.8 Å². The molecule has 3 aromatic carbocycles. The van der Waals surface area contributed by atoms with Gasteiger partial charge in [0.15, 0.2) is 0 Å². The number of carbonyl (C=O) groups is 2. The number of hydrogen-bond donors (Lipinski definition) is 3. The van der Waals surface area contributed by atoms with Crippen LogP contribution in [0.2, 0.25) is 0 Å². The van der Waals surface area contributed by atoms with Crippen molar-refractivity contribution >= 4 is 34.0 Å². The summed E-state index contributed by atoms with van der Waals surface area (Å²) in [5.41, 5.74) is 1.01. The van der Waals surface area contributed by atoms with Gasteiger partial charge in [-0.3, -0.25) is 9.59 Å². The number of hydrogen-bond acceptors (Lipinski definition) is 3. The highest BCUT2D eigenvalue weighted by Crippen LogP contribution is 2.23. The van der Waals surface area contributed by atoms with Crippen molar-refractivity contribution < 1.29 is 14.7 Å². The molecule has 5 heteroatoms. The molecule has 0 radical (unpaired) electrons. The minimum absolute atomic E-state index is 0.0863. The number of nitrogens with one attached hydrogen (secondary N) is 2. The lowest BCUT2D eigenvalue weighted by Crippen LogP contribution is -2.29. The Morgan fingerprint density at radius 1 is 0.739 bits per heavy atom. The Hall–Kier alpha value is -3.34. The summed E-state index contributed by atoms with van der Waals surface area (Å²) in [5.74, 6) is -1.44. The van der Waals surface area contributed by atoms with Crippen molar-refractivity contribution in [2.45, 2.75) is 0 Å². The van der Waals surface area contributed by atoms with Crippen LogP contribution in [0.4, 0.5) is 11.4 Å². The van der Waals surface area contributed by atoms with E-state index in [0.717, 1.165) is 10.8 Å². The Labute approximate surface area is 132 Å². The standard InChI is InChI=1S/C18H14N2O3/c21-14-10-8-13(9-11-14)19-17(22)18(23)20-16-7-3-5-12-4-1-2-6-15(12)16/h1-11,21H,(H,19,22)(H,20,23). The third-order valence-electron chi connectivity index (χ3n) is 3.37. The average Bonchev–Trinajstić information content (AvgIpc) is 2.57. The van der Waals surface area contributed by atoms with Crippen LogP contribution in [0.25, 0.3) is 10.8 Å². The van der Waals surface area contributed by atoms with Crippen molar-refractivity contribution in [3.8, 4) is 5.75 Å². The number of carbonyl (C=O) groups excluding carboxylic acids is 2. The molecule has 3 rings (SSSR count). The van der Waals surface area contributed by atoms with Crippen molar-refractivity contribution in [2.75, 3.05) is 10.6 Å². The van der Waals surface area contributed by atoms with Crippen LogP contribution in [0, 0.1) is 0 Å². The highest BCUT2D eigenvalue weighted by atomic mass is 16.3. The monoisotopic (exact) mass is 306 g/mol. The molecule has 0 aliphatic rings. The second kappa shape index (κ2) is 6.19. The summed E-state index contributed by atoms with van der Waals surface area (Å²) in [6.07, 6.45) is 0. The van der Waals surface area contributed by atoms with E-state index in [0.29, 0.717) is 11.4 Å². The summed E-state index contributed by atoms with van der Waals surface area (Å²) in [6, 6.07) is 19.0. The first-order valence-electron chi connectivity index (χ1n) is 7.02. The fourth-order valence-corrected chi connectivity index (χ4v) is 2.25. The van der Waals surface area contributed by atoms with Crippen molar-refractivity contribution in [3.63, 3.8) is 0 Å².